The molecular formula is C40H24O2S. The lowest BCUT2D eigenvalue weighted by Crippen LogP contribution is -1.80. The molecule has 0 spiro atoms. The van der Waals surface area contributed by atoms with E-state index in [1.54, 1.807) is 0 Å². The van der Waals surface area contributed by atoms with Crippen molar-refractivity contribution in [1.82, 2.24) is 0 Å². The SMILES string of the molecule is c1ccc2c(c1)oc1c(-c3ccc(-c4ccc(-c5ccc(-c6cccc7c6oc6ccccc67)cc5)s4)cc3)cccc12. The van der Waals surface area contributed by atoms with Gasteiger partial charge in [0.15, 0.2) is 0 Å². The molecule has 0 amide bonds. The van der Waals surface area contributed by atoms with Gasteiger partial charge in [-0.05, 0) is 46.5 Å². The van der Waals surface area contributed by atoms with E-state index in [0.29, 0.717) is 0 Å². The first-order valence-corrected chi connectivity index (χ1v) is 15.2. The van der Waals surface area contributed by atoms with E-state index in [-0.39, 0.29) is 0 Å². The largest absolute Gasteiger partial charge is 0.455 e. The summed E-state index contributed by atoms with van der Waals surface area (Å²) in [6.45, 7) is 0. The molecule has 3 aromatic heterocycles. The molecule has 0 aliphatic rings. The zero-order chi connectivity index (χ0) is 28.3. The average molecular weight is 569 g/mol. The third-order valence-electron chi connectivity index (χ3n) is 8.38. The number of furan rings is 2. The topological polar surface area (TPSA) is 26.3 Å². The van der Waals surface area contributed by atoms with Crippen molar-refractivity contribution < 1.29 is 8.83 Å². The Morgan fingerprint density at radius 3 is 1.19 bits per heavy atom. The van der Waals surface area contributed by atoms with Gasteiger partial charge in [0.25, 0.3) is 0 Å². The molecule has 0 saturated carbocycles. The van der Waals surface area contributed by atoms with Crippen molar-refractivity contribution in [3.8, 4) is 43.1 Å². The highest BCUT2D eigenvalue weighted by atomic mass is 32.1. The van der Waals surface area contributed by atoms with Crippen molar-refractivity contribution >= 4 is 55.2 Å². The minimum absolute atomic E-state index is 0.923. The molecule has 0 atom stereocenters. The van der Waals surface area contributed by atoms with Crippen LogP contribution in [0.15, 0.2) is 154 Å². The van der Waals surface area contributed by atoms with Gasteiger partial charge in [-0.2, -0.15) is 0 Å². The molecule has 0 aliphatic heterocycles. The molecule has 0 N–H and O–H groups in total. The van der Waals surface area contributed by atoms with Gasteiger partial charge in [-0.15, -0.1) is 11.3 Å². The molecule has 0 radical (unpaired) electrons. The van der Waals surface area contributed by atoms with E-state index in [9.17, 15) is 0 Å². The molecule has 0 fully saturated rings. The normalized spacial score (nSPS) is 11.7. The van der Waals surface area contributed by atoms with Crippen LogP contribution in [0, 0.1) is 0 Å². The van der Waals surface area contributed by atoms with Crippen LogP contribution < -0.4 is 0 Å². The van der Waals surface area contributed by atoms with Gasteiger partial charge in [-0.1, -0.05) is 121 Å². The number of hydrogen-bond acceptors (Lipinski definition) is 3. The Balaban J connectivity index is 1.01. The summed E-state index contributed by atoms with van der Waals surface area (Å²) < 4.78 is 12.5. The van der Waals surface area contributed by atoms with E-state index in [1.165, 1.54) is 20.9 Å². The summed E-state index contributed by atoms with van der Waals surface area (Å²) in [7, 11) is 0. The Bertz CT molecular complexity index is 2260. The van der Waals surface area contributed by atoms with E-state index < -0.39 is 0 Å². The fourth-order valence-electron chi connectivity index (χ4n) is 6.23. The lowest BCUT2D eigenvalue weighted by Gasteiger charge is -2.05. The van der Waals surface area contributed by atoms with Crippen molar-refractivity contribution in [3.63, 3.8) is 0 Å². The predicted molar refractivity (Wildman–Crippen MR) is 181 cm³/mol. The average Bonchev–Trinajstić information content (AvgIpc) is 3.81. The fraction of sp³-hybridized carbons (Fsp3) is 0. The second-order valence-corrected chi connectivity index (χ2v) is 12.0. The minimum atomic E-state index is 0.923. The predicted octanol–water partition coefficient (Wildman–Crippen LogP) is 12.2. The van der Waals surface area contributed by atoms with E-state index in [2.05, 4.69) is 121 Å². The van der Waals surface area contributed by atoms with Gasteiger partial charge in [0.05, 0.1) is 0 Å². The standard InChI is InChI=1S/C40H24O2S/c1-3-13-35-31(7-1)33-11-5-9-29(39(33)41-35)25-15-19-27(20-16-25)37-23-24-38(43-37)28-21-17-26(18-22-28)30-10-6-12-34-32-8-2-4-14-36(32)42-40(30)34/h1-24H. The second kappa shape index (κ2) is 9.59. The molecule has 9 aromatic rings. The van der Waals surface area contributed by atoms with Crippen LogP contribution in [0.25, 0.3) is 87.0 Å². The first-order chi connectivity index (χ1) is 21.3. The second-order valence-electron chi connectivity index (χ2n) is 10.9. The number of para-hydroxylation sites is 4. The number of benzene rings is 6. The van der Waals surface area contributed by atoms with Crippen LogP contribution in [0.5, 0.6) is 0 Å². The van der Waals surface area contributed by atoms with E-state index in [0.717, 1.165) is 66.1 Å². The quantitative estimate of drug-likeness (QED) is 0.211. The first kappa shape index (κ1) is 24.2. The van der Waals surface area contributed by atoms with Gasteiger partial charge < -0.3 is 8.83 Å². The van der Waals surface area contributed by atoms with Crippen molar-refractivity contribution in [2.45, 2.75) is 0 Å². The maximum Gasteiger partial charge on any atom is 0.143 e. The van der Waals surface area contributed by atoms with Crippen molar-refractivity contribution in [3.05, 3.63) is 146 Å². The van der Waals surface area contributed by atoms with Crippen LogP contribution >= 0.6 is 11.3 Å². The smallest absolute Gasteiger partial charge is 0.143 e. The fourth-order valence-corrected chi connectivity index (χ4v) is 7.24. The molecule has 3 heterocycles. The highest BCUT2D eigenvalue weighted by Crippen LogP contribution is 2.40. The molecule has 43 heavy (non-hydrogen) atoms. The molecule has 3 heteroatoms. The van der Waals surface area contributed by atoms with Gasteiger partial charge in [0, 0.05) is 42.4 Å². The summed E-state index contributed by atoms with van der Waals surface area (Å²) in [6, 6.07) is 51.3. The van der Waals surface area contributed by atoms with Gasteiger partial charge in [-0.3, -0.25) is 0 Å². The number of hydrogen-bond donors (Lipinski definition) is 0. The summed E-state index contributed by atoms with van der Waals surface area (Å²) in [4.78, 5) is 2.50. The Kier molecular flexibility index (Phi) is 5.40. The van der Waals surface area contributed by atoms with Crippen molar-refractivity contribution in [2.24, 2.45) is 0 Å². The molecular weight excluding hydrogens is 545 g/mol. The van der Waals surface area contributed by atoms with Crippen LogP contribution in [-0.2, 0) is 0 Å². The number of rotatable bonds is 4. The zero-order valence-corrected chi connectivity index (χ0v) is 23.9. The molecule has 6 aromatic carbocycles. The third kappa shape index (κ3) is 3.93. The lowest BCUT2D eigenvalue weighted by atomic mass is 10.0. The van der Waals surface area contributed by atoms with Crippen molar-refractivity contribution in [1.29, 1.82) is 0 Å². The summed E-state index contributed by atoms with van der Waals surface area (Å²) in [5.41, 5.74) is 10.7. The van der Waals surface area contributed by atoms with Gasteiger partial charge in [-0.25, -0.2) is 0 Å². The third-order valence-corrected chi connectivity index (χ3v) is 9.56. The van der Waals surface area contributed by atoms with Gasteiger partial charge >= 0.3 is 0 Å². The van der Waals surface area contributed by atoms with Crippen LogP contribution in [0.1, 0.15) is 0 Å². The first-order valence-electron chi connectivity index (χ1n) is 14.4. The Labute approximate surface area is 252 Å². The minimum Gasteiger partial charge on any atom is -0.455 e. The Hall–Kier alpha value is -5.38. The van der Waals surface area contributed by atoms with Crippen LogP contribution in [0.4, 0.5) is 0 Å². The molecule has 0 unspecified atom stereocenters. The zero-order valence-electron chi connectivity index (χ0n) is 23.1. The van der Waals surface area contributed by atoms with Gasteiger partial charge in [0.1, 0.15) is 22.3 Å². The molecule has 2 nitrogen and oxygen atoms in total. The van der Waals surface area contributed by atoms with Crippen LogP contribution in [0.2, 0.25) is 0 Å². The molecule has 202 valence electrons. The van der Waals surface area contributed by atoms with E-state index >= 15 is 0 Å². The molecule has 0 saturated heterocycles. The maximum absolute atomic E-state index is 6.27. The molecule has 0 aliphatic carbocycles. The van der Waals surface area contributed by atoms with Crippen LogP contribution in [-0.4, -0.2) is 0 Å². The number of thiophene rings is 1. The summed E-state index contributed by atoms with van der Waals surface area (Å²) >= 11 is 1.82. The Morgan fingerprint density at radius 2 is 0.721 bits per heavy atom. The summed E-state index contributed by atoms with van der Waals surface area (Å²) in [6.07, 6.45) is 0. The van der Waals surface area contributed by atoms with Crippen molar-refractivity contribution in [2.75, 3.05) is 0 Å². The monoisotopic (exact) mass is 568 g/mol. The molecule has 0 bridgehead atoms. The van der Waals surface area contributed by atoms with Gasteiger partial charge in [0.2, 0.25) is 0 Å². The maximum atomic E-state index is 6.27. The summed E-state index contributed by atoms with van der Waals surface area (Å²) in [5.74, 6) is 0. The van der Waals surface area contributed by atoms with E-state index in [1.807, 2.05) is 35.6 Å². The highest BCUT2D eigenvalue weighted by Gasteiger charge is 2.14. The summed E-state index contributed by atoms with van der Waals surface area (Å²) in [5, 5.41) is 4.61. The van der Waals surface area contributed by atoms with Crippen LogP contribution in [0.3, 0.4) is 0 Å². The highest BCUT2D eigenvalue weighted by molar-refractivity contribution is 7.18. The lowest BCUT2D eigenvalue weighted by molar-refractivity contribution is 0.669. The Morgan fingerprint density at radius 1 is 0.326 bits per heavy atom. The van der Waals surface area contributed by atoms with E-state index in [4.69, 9.17) is 8.83 Å². The molecule has 9 rings (SSSR count). The number of fused-ring (bicyclic) bond motifs is 6.